The minimum atomic E-state index is -1.45. The number of hydrogen-bond donors (Lipinski definition) is 4. The molecule has 0 fully saturated rings. The number of hydrogen-bond acceptors (Lipinski definition) is 8. The van der Waals surface area contributed by atoms with Crippen molar-refractivity contribution in [1.82, 2.24) is 16.0 Å². The van der Waals surface area contributed by atoms with E-state index < -0.39 is 29.0 Å². The summed E-state index contributed by atoms with van der Waals surface area (Å²) in [5.74, 6) is 0.559. The molecule has 0 aliphatic carbocycles. The zero-order valence-corrected chi connectivity index (χ0v) is 25.7. The van der Waals surface area contributed by atoms with E-state index >= 15 is 0 Å². The molecule has 0 saturated heterocycles. The lowest BCUT2D eigenvalue weighted by molar-refractivity contribution is -0.136. The molecule has 3 N–H and O–H groups in total. The zero-order chi connectivity index (χ0) is 31.2. The Hall–Kier alpha value is -4.38. The molecule has 3 amide bonds. The van der Waals surface area contributed by atoms with E-state index in [2.05, 4.69) is 28.6 Å². The first kappa shape index (κ1) is 33.1. The van der Waals surface area contributed by atoms with E-state index in [0.29, 0.717) is 42.3 Å². The van der Waals surface area contributed by atoms with Crippen LogP contribution in [-0.4, -0.2) is 70.5 Å². The summed E-state index contributed by atoms with van der Waals surface area (Å²) >= 11 is 4.43. The first-order chi connectivity index (χ1) is 20.8. The highest BCUT2D eigenvalue weighted by atomic mass is 32.1. The summed E-state index contributed by atoms with van der Waals surface area (Å²) in [4.78, 5) is 39.5. The average molecular weight is 610 g/mol. The second kappa shape index (κ2) is 16.9. The summed E-state index contributed by atoms with van der Waals surface area (Å²) in [5.41, 5.74) is 2.71. The van der Waals surface area contributed by atoms with Gasteiger partial charge in [-0.1, -0.05) is 42.5 Å². The van der Waals surface area contributed by atoms with Crippen LogP contribution < -0.4 is 34.9 Å². The molecule has 43 heavy (non-hydrogen) atoms. The minimum Gasteiger partial charge on any atom is -0.493 e. The van der Waals surface area contributed by atoms with Crippen LogP contribution in [0.25, 0.3) is 0 Å². The second-order valence-corrected chi connectivity index (χ2v) is 10.2. The fourth-order valence-electron chi connectivity index (χ4n) is 4.36. The van der Waals surface area contributed by atoms with E-state index in [1.54, 1.807) is 40.6 Å². The Bertz CT molecular complexity index is 1300. The summed E-state index contributed by atoms with van der Waals surface area (Å²) in [6, 6.07) is 18.9. The Morgan fingerprint density at radius 3 is 1.53 bits per heavy atom. The molecular weight excluding hydrogens is 570 g/mol. The molecular formula is C32H39N3O7S. The Balaban J connectivity index is 1.65. The number of nitrogens with one attached hydrogen (secondary N) is 3. The smallest absolute Gasteiger partial charge is 0.252 e. The van der Waals surface area contributed by atoms with Crippen molar-refractivity contribution < 1.29 is 33.3 Å². The van der Waals surface area contributed by atoms with Crippen molar-refractivity contribution in [3.63, 3.8) is 0 Å². The molecule has 0 aromatic heterocycles. The lowest BCUT2D eigenvalue weighted by Crippen LogP contribution is -2.57. The number of carbonyl (C=O) groups excluding carboxylic acids is 3. The Morgan fingerprint density at radius 2 is 1.09 bits per heavy atom. The van der Waals surface area contributed by atoms with Gasteiger partial charge in [0.1, 0.15) is 0 Å². The van der Waals surface area contributed by atoms with Crippen LogP contribution in [-0.2, 0) is 33.6 Å². The first-order valence-electron chi connectivity index (χ1n) is 13.8. The van der Waals surface area contributed by atoms with Crippen LogP contribution in [0.15, 0.2) is 66.7 Å². The van der Waals surface area contributed by atoms with Gasteiger partial charge in [-0.2, -0.15) is 12.6 Å². The van der Waals surface area contributed by atoms with Crippen molar-refractivity contribution in [3.05, 3.63) is 83.4 Å². The maximum atomic E-state index is 13.2. The molecule has 0 radical (unpaired) electrons. The van der Waals surface area contributed by atoms with Crippen molar-refractivity contribution in [1.29, 1.82) is 0 Å². The van der Waals surface area contributed by atoms with Crippen LogP contribution in [0.4, 0.5) is 0 Å². The zero-order valence-electron chi connectivity index (χ0n) is 24.8. The molecule has 3 aromatic rings. The van der Waals surface area contributed by atoms with Gasteiger partial charge in [-0.25, -0.2) is 0 Å². The van der Waals surface area contributed by atoms with Crippen LogP contribution in [0.1, 0.15) is 16.7 Å². The normalized spacial score (nSPS) is 11.3. The van der Waals surface area contributed by atoms with E-state index in [0.717, 1.165) is 16.7 Å². The summed E-state index contributed by atoms with van der Waals surface area (Å²) < 4.78 is 21.2. The standard InChI is InChI=1S/C32H39N3O7S/c1-39-24-12-10-22(18-26(24)41-3)14-16-33-31(37)29(35-30(36)28(43)20-21-8-6-5-7-9-21)32(38)34-17-15-23-11-13-25(40-2)27(19-23)42-4/h5-13,18-19,28-29,43H,14-17,20H2,1-4H3,(H,33,37)(H,34,38)(H,35,36). The van der Waals surface area contributed by atoms with Gasteiger partial charge in [0.05, 0.1) is 33.7 Å². The highest BCUT2D eigenvalue weighted by molar-refractivity contribution is 7.81. The van der Waals surface area contributed by atoms with Crippen LogP contribution in [0.3, 0.4) is 0 Å². The molecule has 3 rings (SSSR count). The molecule has 1 unspecified atom stereocenters. The number of ether oxygens (including phenoxy) is 4. The van der Waals surface area contributed by atoms with Gasteiger partial charge in [0.25, 0.3) is 11.8 Å². The fraction of sp³-hybridized carbons (Fsp3) is 0.344. The highest BCUT2D eigenvalue weighted by Crippen LogP contribution is 2.28. The van der Waals surface area contributed by atoms with Gasteiger partial charge in [-0.3, -0.25) is 14.4 Å². The molecule has 0 saturated carbocycles. The average Bonchev–Trinajstić information content (AvgIpc) is 3.03. The minimum absolute atomic E-state index is 0.230. The monoisotopic (exact) mass is 609 g/mol. The van der Waals surface area contributed by atoms with Crippen LogP contribution in [0, 0.1) is 0 Å². The molecule has 3 aromatic carbocycles. The summed E-state index contributed by atoms with van der Waals surface area (Å²) in [6.45, 7) is 0.460. The summed E-state index contributed by atoms with van der Waals surface area (Å²) in [5, 5.41) is 7.36. The first-order valence-corrected chi connectivity index (χ1v) is 14.3. The topological polar surface area (TPSA) is 124 Å². The lowest BCUT2D eigenvalue weighted by Gasteiger charge is -2.20. The van der Waals surface area contributed by atoms with Gasteiger partial charge in [0.2, 0.25) is 5.91 Å². The maximum absolute atomic E-state index is 13.2. The van der Waals surface area contributed by atoms with E-state index in [-0.39, 0.29) is 13.1 Å². The molecule has 0 bridgehead atoms. The van der Waals surface area contributed by atoms with Crippen molar-refractivity contribution >= 4 is 30.4 Å². The molecule has 230 valence electrons. The number of amides is 3. The van der Waals surface area contributed by atoms with Crippen molar-refractivity contribution in [2.24, 2.45) is 0 Å². The third-order valence-electron chi connectivity index (χ3n) is 6.71. The molecule has 0 aliphatic heterocycles. The van der Waals surface area contributed by atoms with Gasteiger partial charge in [-0.05, 0) is 60.2 Å². The number of thiol groups is 1. The van der Waals surface area contributed by atoms with Crippen LogP contribution >= 0.6 is 12.6 Å². The number of methoxy groups -OCH3 is 4. The fourth-order valence-corrected chi connectivity index (χ4v) is 4.64. The van der Waals surface area contributed by atoms with Crippen molar-refractivity contribution in [2.45, 2.75) is 30.6 Å². The summed E-state index contributed by atoms with van der Waals surface area (Å²) in [7, 11) is 6.21. The second-order valence-electron chi connectivity index (χ2n) is 9.61. The van der Waals surface area contributed by atoms with E-state index in [4.69, 9.17) is 18.9 Å². The largest absolute Gasteiger partial charge is 0.493 e. The number of rotatable bonds is 16. The van der Waals surface area contributed by atoms with Crippen molar-refractivity contribution in [3.8, 4) is 23.0 Å². The van der Waals surface area contributed by atoms with Gasteiger partial charge < -0.3 is 34.9 Å². The van der Waals surface area contributed by atoms with Gasteiger partial charge >= 0.3 is 0 Å². The van der Waals surface area contributed by atoms with Gasteiger partial charge in [-0.15, -0.1) is 0 Å². The Labute approximate surface area is 257 Å². The quantitative estimate of drug-likeness (QED) is 0.146. The molecule has 1 atom stereocenters. The number of benzene rings is 3. The van der Waals surface area contributed by atoms with Crippen molar-refractivity contribution in [2.75, 3.05) is 41.5 Å². The Morgan fingerprint density at radius 1 is 0.628 bits per heavy atom. The van der Waals surface area contributed by atoms with Gasteiger partial charge in [0, 0.05) is 13.1 Å². The Kier molecular flexibility index (Phi) is 13.0. The highest BCUT2D eigenvalue weighted by Gasteiger charge is 2.30. The maximum Gasteiger partial charge on any atom is 0.252 e. The van der Waals surface area contributed by atoms with Crippen LogP contribution in [0.2, 0.25) is 0 Å². The third kappa shape index (κ3) is 9.85. The predicted octanol–water partition coefficient (Wildman–Crippen LogP) is 2.76. The van der Waals surface area contributed by atoms with Crippen LogP contribution in [0.5, 0.6) is 23.0 Å². The predicted molar refractivity (Wildman–Crippen MR) is 167 cm³/mol. The molecule has 11 heteroatoms. The lowest BCUT2D eigenvalue weighted by atomic mass is 10.1. The van der Waals surface area contributed by atoms with E-state index in [1.165, 1.54) is 0 Å². The van der Waals surface area contributed by atoms with Gasteiger partial charge in [0.15, 0.2) is 29.0 Å². The molecule has 0 aliphatic rings. The van der Waals surface area contributed by atoms with E-state index in [1.807, 2.05) is 54.6 Å². The number of carbonyl (C=O) groups is 3. The summed E-state index contributed by atoms with van der Waals surface area (Å²) in [6.07, 6.45) is 1.28. The third-order valence-corrected chi connectivity index (χ3v) is 7.12. The molecule has 0 heterocycles. The molecule has 0 spiro atoms. The SMILES string of the molecule is COc1ccc(CCNC(=O)C(NC(=O)C(S)Cc2ccccc2)C(=O)NCCc2ccc(OC)c(OC)c2)cc1OC. The van der Waals surface area contributed by atoms with E-state index in [9.17, 15) is 14.4 Å². The molecule has 10 nitrogen and oxygen atoms in total.